The molecule has 6 nitrogen and oxygen atoms in total. The lowest BCUT2D eigenvalue weighted by Gasteiger charge is -2.30. The number of nitrogens with one attached hydrogen (secondary N) is 1. The van der Waals surface area contributed by atoms with Crippen molar-refractivity contribution in [2.45, 2.75) is 84.6 Å². The molecule has 0 bridgehead atoms. The van der Waals surface area contributed by atoms with Crippen LogP contribution in [0.25, 0.3) is 11.1 Å². The van der Waals surface area contributed by atoms with Gasteiger partial charge in [-0.05, 0) is 48.3 Å². The first-order valence-corrected chi connectivity index (χ1v) is 14.9. The van der Waals surface area contributed by atoms with Gasteiger partial charge in [-0.25, -0.2) is 0 Å². The maximum atomic E-state index is 14.4. The van der Waals surface area contributed by atoms with E-state index in [9.17, 15) is 14.4 Å². The van der Waals surface area contributed by atoms with Crippen molar-refractivity contribution in [3.8, 4) is 11.1 Å². The number of benzene rings is 2. The highest BCUT2D eigenvalue weighted by Gasteiger charge is 2.39. The largest absolute Gasteiger partial charge is 0.369 e. The summed E-state index contributed by atoms with van der Waals surface area (Å²) in [5, 5.41) is 3.14. The van der Waals surface area contributed by atoms with Crippen LogP contribution >= 0.6 is 0 Å². The zero-order chi connectivity index (χ0) is 27.9. The van der Waals surface area contributed by atoms with Crippen molar-refractivity contribution < 1.29 is 14.4 Å². The molecule has 1 aliphatic carbocycles. The summed E-state index contributed by atoms with van der Waals surface area (Å²) in [4.78, 5) is 42.7. The Hall–Kier alpha value is -3.15. The van der Waals surface area contributed by atoms with Gasteiger partial charge in [0.25, 0.3) is 5.91 Å². The lowest BCUT2D eigenvalue weighted by atomic mass is 9.81. The average molecular weight is 532 g/mol. The Morgan fingerprint density at radius 1 is 1.00 bits per heavy atom. The van der Waals surface area contributed by atoms with Crippen molar-refractivity contribution in [2.75, 3.05) is 11.4 Å². The first kappa shape index (κ1) is 28.8. The number of para-hydroxylation sites is 1. The molecule has 0 radical (unpaired) electrons. The van der Waals surface area contributed by atoms with E-state index in [4.69, 9.17) is 5.73 Å². The molecule has 3 N–H and O–H groups in total. The van der Waals surface area contributed by atoms with Gasteiger partial charge in [0.2, 0.25) is 11.8 Å². The summed E-state index contributed by atoms with van der Waals surface area (Å²) in [5.41, 5.74) is 9.47. The molecule has 3 atom stereocenters. The second-order valence-electron chi connectivity index (χ2n) is 11.9. The van der Waals surface area contributed by atoms with Crippen molar-refractivity contribution in [3.05, 3.63) is 54.1 Å². The fraction of sp³-hybridized carbons (Fsp3) is 0.545. The van der Waals surface area contributed by atoms with Gasteiger partial charge in [0, 0.05) is 23.9 Å². The van der Waals surface area contributed by atoms with Crippen LogP contribution in [0, 0.1) is 23.7 Å². The molecule has 1 heterocycles. The lowest BCUT2D eigenvalue weighted by molar-refractivity contribution is -0.136. The monoisotopic (exact) mass is 531 g/mol. The molecule has 2 aromatic rings. The van der Waals surface area contributed by atoms with E-state index in [0.29, 0.717) is 25.3 Å². The quantitative estimate of drug-likeness (QED) is 0.332. The Kier molecular flexibility index (Phi) is 9.82. The molecule has 2 aliphatic rings. The van der Waals surface area contributed by atoms with Gasteiger partial charge >= 0.3 is 0 Å². The smallest absolute Gasteiger partial charge is 0.254 e. The third-order valence-corrected chi connectivity index (χ3v) is 8.57. The number of hydrogen-bond donors (Lipinski definition) is 2. The minimum atomic E-state index is -0.834. The Bertz CT molecular complexity index is 1150. The van der Waals surface area contributed by atoms with Crippen LogP contribution in [0.4, 0.5) is 5.69 Å². The molecule has 1 aliphatic heterocycles. The number of unbranched alkanes of at least 4 members (excludes halogenated alkanes) is 1. The topological polar surface area (TPSA) is 92.5 Å². The van der Waals surface area contributed by atoms with Gasteiger partial charge in [-0.15, -0.1) is 0 Å². The molecule has 210 valence electrons. The maximum absolute atomic E-state index is 14.4. The molecule has 4 rings (SSSR count). The molecule has 6 heteroatoms. The van der Waals surface area contributed by atoms with Gasteiger partial charge in [0.05, 0.1) is 5.69 Å². The number of anilines is 1. The number of carbonyl (C=O) groups is 3. The van der Waals surface area contributed by atoms with Crippen molar-refractivity contribution >= 4 is 23.4 Å². The Morgan fingerprint density at radius 2 is 1.67 bits per heavy atom. The fourth-order valence-corrected chi connectivity index (χ4v) is 6.50. The second-order valence-corrected chi connectivity index (χ2v) is 11.9. The van der Waals surface area contributed by atoms with Crippen LogP contribution in [0.5, 0.6) is 0 Å². The zero-order valence-corrected chi connectivity index (χ0v) is 23.8. The standard InChI is InChI=1S/C33H45N3O3/c1-4-5-14-27(31(34)37)28(21-22(2)3)32(38)35-30-26-17-9-8-15-24(26)25-16-10-11-18-29(25)36(33(30)39)20-19-23-12-6-7-13-23/h8-11,15-18,22-23,27-28,30H,4-7,12-14,19-21H2,1-3H3,(H2,34,37)(H,35,38). The van der Waals surface area contributed by atoms with E-state index >= 15 is 0 Å². The Morgan fingerprint density at radius 3 is 2.33 bits per heavy atom. The summed E-state index contributed by atoms with van der Waals surface area (Å²) >= 11 is 0. The maximum Gasteiger partial charge on any atom is 0.254 e. The van der Waals surface area contributed by atoms with Crippen LogP contribution in [0.15, 0.2) is 48.5 Å². The normalized spacial score (nSPS) is 18.8. The molecule has 1 saturated carbocycles. The van der Waals surface area contributed by atoms with E-state index in [1.54, 1.807) is 0 Å². The van der Waals surface area contributed by atoms with Gasteiger partial charge in [-0.3, -0.25) is 14.4 Å². The number of amides is 3. The summed E-state index contributed by atoms with van der Waals surface area (Å²) in [6.07, 6.45) is 8.76. The summed E-state index contributed by atoms with van der Waals surface area (Å²) < 4.78 is 0. The van der Waals surface area contributed by atoms with Crippen molar-refractivity contribution in [3.63, 3.8) is 0 Å². The van der Waals surface area contributed by atoms with E-state index in [0.717, 1.165) is 41.6 Å². The Balaban J connectivity index is 1.70. The van der Waals surface area contributed by atoms with Gasteiger partial charge in [-0.1, -0.05) is 102 Å². The number of carbonyl (C=O) groups excluding carboxylic acids is 3. The van der Waals surface area contributed by atoms with E-state index < -0.39 is 23.8 Å². The molecular weight excluding hydrogens is 486 g/mol. The highest BCUT2D eigenvalue weighted by atomic mass is 16.2. The van der Waals surface area contributed by atoms with Gasteiger partial charge in [0.1, 0.15) is 6.04 Å². The van der Waals surface area contributed by atoms with Crippen LogP contribution in [0.2, 0.25) is 0 Å². The summed E-state index contributed by atoms with van der Waals surface area (Å²) in [7, 11) is 0. The van der Waals surface area contributed by atoms with E-state index in [2.05, 4.69) is 18.3 Å². The van der Waals surface area contributed by atoms with Crippen molar-refractivity contribution in [2.24, 2.45) is 29.4 Å². The third-order valence-electron chi connectivity index (χ3n) is 8.57. The molecule has 2 aromatic carbocycles. The first-order chi connectivity index (χ1) is 18.8. The number of nitrogens with two attached hydrogens (primary N) is 1. The molecule has 0 aromatic heterocycles. The molecule has 3 unspecified atom stereocenters. The number of primary amides is 1. The summed E-state index contributed by atoms with van der Waals surface area (Å²) in [5.74, 6) is -1.12. The van der Waals surface area contributed by atoms with Crippen molar-refractivity contribution in [1.29, 1.82) is 0 Å². The van der Waals surface area contributed by atoms with E-state index in [1.807, 2.05) is 61.2 Å². The predicted molar refractivity (Wildman–Crippen MR) is 157 cm³/mol. The van der Waals surface area contributed by atoms with Crippen LogP contribution in [0.1, 0.15) is 90.2 Å². The number of hydrogen-bond acceptors (Lipinski definition) is 3. The third kappa shape index (κ3) is 6.71. The molecule has 39 heavy (non-hydrogen) atoms. The van der Waals surface area contributed by atoms with E-state index in [-0.39, 0.29) is 17.7 Å². The minimum absolute atomic E-state index is 0.119. The molecule has 0 saturated heterocycles. The molecule has 1 fully saturated rings. The Labute approximate surface area is 233 Å². The number of fused-ring (bicyclic) bond motifs is 3. The predicted octanol–water partition coefficient (Wildman–Crippen LogP) is 6.39. The van der Waals surface area contributed by atoms with Crippen LogP contribution in [0.3, 0.4) is 0 Å². The molecular formula is C33H45N3O3. The average Bonchev–Trinajstić information content (AvgIpc) is 3.42. The van der Waals surface area contributed by atoms with Gasteiger partial charge in [0.15, 0.2) is 0 Å². The fourth-order valence-electron chi connectivity index (χ4n) is 6.50. The second kappa shape index (κ2) is 13.3. The number of rotatable bonds is 12. The number of nitrogens with zero attached hydrogens (tertiary/aromatic N) is 1. The summed E-state index contributed by atoms with van der Waals surface area (Å²) in [6, 6.07) is 15.1. The van der Waals surface area contributed by atoms with Crippen LogP contribution in [-0.4, -0.2) is 24.3 Å². The SMILES string of the molecule is CCCCC(C(N)=O)C(CC(C)C)C(=O)NC1C(=O)N(CCC2CCCC2)c2ccccc2-c2ccccc21. The first-order valence-electron chi connectivity index (χ1n) is 14.9. The highest BCUT2D eigenvalue weighted by molar-refractivity contribution is 6.06. The molecule has 3 amide bonds. The summed E-state index contributed by atoms with van der Waals surface area (Å²) in [6.45, 7) is 6.78. The van der Waals surface area contributed by atoms with E-state index in [1.165, 1.54) is 25.7 Å². The minimum Gasteiger partial charge on any atom is -0.369 e. The van der Waals surface area contributed by atoms with Gasteiger partial charge < -0.3 is 16.0 Å². The highest BCUT2D eigenvalue weighted by Crippen LogP contribution is 2.41. The zero-order valence-electron chi connectivity index (χ0n) is 23.8. The van der Waals surface area contributed by atoms with Crippen LogP contribution in [-0.2, 0) is 14.4 Å². The van der Waals surface area contributed by atoms with Gasteiger partial charge in [-0.2, -0.15) is 0 Å². The molecule has 0 spiro atoms. The van der Waals surface area contributed by atoms with Crippen LogP contribution < -0.4 is 16.0 Å². The van der Waals surface area contributed by atoms with Crippen molar-refractivity contribution in [1.82, 2.24) is 5.32 Å². The lowest BCUT2D eigenvalue weighted by Crippen LogP contribution is -2.47.